The van der Waals surface area contributed by atoms with Crippen LogP contribution in [0.15, 0.2) is 4.99 Å². The first-order chi connectivity index (χ1) is 6.90. The van der Waals surface area contributed by atoms with E-state index in [-0.39, 0.29) is 6.04 Å². The molecule has 0 spiro atoms. The third-order valence-corrected chi connectivity index (χ3v) is 1.82. The van der Waals surface area contributed by atoms with Crippen molar-refractivity contribution in [3.05, 3.63) is 0 Å². The van der Waals surface area contributed by atoms with Crippen molar-refractivity contribution >= 4 is 6.21 Å². The molecule has 90 valence electrons. The van der Waals surface area contributed by atoms with Crippen molar-refractivity contribution in [3.8, 4) is 0 Å². The summed E-state index contributed by atoms with van der Waals surface area (Å²) in [6.07, 6.45) is -4.94. The lowest BCUT2D eigenvalue weighted by molar-refractivity contribution is -0.0999. The lowest BCUT2D eigenvalue weighted by atomic mass is 10.0. The smallest absolute Gasteiger partial charge is 0.117 e. The maximum absolute atomic E-state index is 9.34. The zero-order valence-corrected chi connectivity index (χ0v) is 8.85. The molecule has 0 aliphatic rings. The Kier molecular flexibility index (Phi) is 6.62. The van der Waals surface area contributed by atoms with Gasteiger partial charge in [-0.1, -0.05) is 0 Å². The van der Waals surface area contributed by atoms with E-state index in [2.05, 4.69) is 4.99 Å². The Bertz CT molecular complexity index is 197. The quantitative estimate of drug-likeness (QED) is 0.330. The molecular formula is C9H19NO5. The van der Waals surface area contributed by atoms with Crippen LogP contribution in [0.3, 0.4) is 0 Å². The Labute approximate surface area is 88.5 Å². The molecule has 0 rings (SSSR count). The van der Waals surface area contributed by atoms with Gasteiger partial charge in [-0.25, -0.2) is 0 Å². The van der Waals surface area contributed by atoms with Gasteiger partial charge >= 0.3 is 0 Å². The molecule has 0 saturated heterocycles. The fourth-order valence-electron chi connectivity index (χ4n) is 0.886. The average Bonchev–Trinajstić information content (AvgIpc) is 2.22. The van der Waals surface area contributed by atoms with Crippen molar-refractivity contribution in [2.75, 3.05) is 6.61 Å². The van der Waals surface area contributed by atoms with E-state index < -0.39 is 31.0 Å². The summed E-state index contributed by atoms with van der Waals surface area (Å²) in [5, 5.41) is 45.4. The van der Waals surface area contributed by atoms with E-state index in [0.29, 0.717) is 0 Å². The fraction of sp³-hybridized carbons (Fsp3) is 0.889. The van der Waals surface area contributed by atoms with Crippen LogP contribution >= 0.6 is 0 Å². The molecule has 0 aromatic heterocycles. The zero-order valence-electron chi connectivity index (χ0n) is 8.85. The summed E-state index contributed by atoms with van der Waals surface area (Å²) in [6.45, 7) is 2.88. The van der Waals surface area contributed by atoms with Gasteiger partial charge in [-0.2, -0.15) is 0 Å². The first-order valence-corrected chi connectivity index (χ1v) is 4.76. The predicted octanol–water partition coefficient (Wildman–Crippen LogP) is -2.10. The second-order valence-electron chi connectivity index (χ2n) is 3.61. The molecule has 0 aliphatic carbocycles. The topological polar surface area (TPSA) is 114 Å². The van der Waals surface area contributed by atoms with Crippen LogP contribution < -0.4 is 0 Å². The summed E-state index contributed by atoms with van der Waals surface area (Å²) in [5.74, 6) is 0. The van der Waals surface area contributed by atoms with E-state index in [1.165, 1.54) is 0 Å². The predicted molar refractivity (Wildman–Crippen MR) is 54.7 cm³/mol. The summed E-state index contributed by atoms with van der Waals surface area (Å²) < 4.78 is 0. The Morgan fingerprint density at radius 1 is 1.07 bits per heavy atom. The molecule has 0 heterocycles. The van der Waals surface area contributed by atoms with E-state index in [1.807, 2.05) is 0 Å². The number of rotatable bonds is 6. The SMILES string of the molecule is CC(C)N=C[C@H](O)[C@@H](O)[C@H](O)[C@H](O)CO. The van der Waals surface area contributed by atoms with Crippen molar-refractivity contribution in [3.63, 3.8) is 0 Å². The standard InChI is InChI=1S/C9H19NO5/c1-5(2)10-3-6(12)8(14)9(15)7(13)4-11/h3,5-9,11-15H,4H2,1-2H3/t6-,7+,8+,9+/m0/s1. The molecule has 0 aromatic rings. The van der Waals surface area contributed by atoms with Crippen molar-refractivity contribution < 1.29 is 25.5 Å². The average molecular weight is 221 g/mol. The van der Waals surface area contributed by atoms with E-state index in [1.54, 1.807) is 13.8 Å². The number of aliphatic imine (C=N–C) groups is 1. The van der Waals surface area contributed by atoms with Gasteiger partial charge in [0.05, 0.1) is 6.61 Å². The highest BCUT2D eigenvalue weighted by Gasteiger charge is 2.28. The summed E-state index contributed by atoms with van der Waals surface area (Å²) in [4.78, 5) is 3.82. The minimum atomic E-state index is -1.61. The van der Waals surface area contributed by atoms with E-state index >= 15 is 0 Å². The van der Waals surface area contributed by atoms with E-state index in [0.717, 1.165) is 6.21 Å². The monoisotopic (exact) mass is 221 g/mol. The van der Waals surface area contributed by atoms with Gasteiger partial charge in [-0.05, 0) is 13.8 Å². The largest absolute Gasteiger partial charge is 0.394 e. The molecule has 15 heavy (non-hydrogen) atoms. The van der Waals surface area contributed by atoms with Crippen LogP contribution in [0, 0.1) is 0 Å². The number of hydrogen-bond acceptors (Lipinski definition) is 6. The second kappa shape index (κ2) is 6.86. The Morgan fingerprint density at radius 3 is 2.00 bits per heavy atom. The van der Waals surface area contributed by atoms with E-state index in [4.69, 9.17) is 10.2 Å². The molecule has 0 bridgehead atoms. The van der Waals surface area contributed by atoms with Crippen molar-refractivity contribution in [1.29, 1.82) is 0 Å². The summed E-state index contributed by atoms with van der Waals surface area (Å²) in [6, 6.07) is -0.0354. The third-order valence-electron chi connectivity index (χ3n) is 1.82. The Balaban J connectivity index is 4.24. The lowest BCUT2D eigenvalue weighted by Gasteiger charge is -2.23. The molecule has 0 radical (unpaired) electrons. The lowest BCUT2D eigenvalue weighted by Crippen LogP contribution is -2.46. The van der Waals surface area contributed by atoms with Crippen LogP contribution in [-0.4, -0.2) is 68.8 Å². The molecule has 0 saturated carbocycles. The summed E-state index contributed by atoms with van der Waals surface area (Å²) in [5.41, 5.74) is 0. The van der Waals surface area contributed by atoms with Gasteiger partial charge in [-0.3, -0.25) is 4.99 Å². The number of aliphatic hydroxyl groups is 5. The minimum absolute atomic E-state index is 0.0354. The van der Waals surface area contributed by atoms with Gasteiger partial charge < -0.3 is 25.5 Å². The molecule has 6 heteroatoms. The highest BCUT2D eigenvalue weighted by molar-refractivity contribution is 5.63. The highest BCUT2D eigenvalue weighted by atomic mass is 16.4. The fourth-order valence-corrected chi connectivity index (χ4v) is 0.886. The van der Waals surface area contributed by atoms with Crippen LogP contribution in [0.4, 0.5) is 0 Å². The first kappa shape index (κ1) is 14.5. The Hall–Kier alpha value is -0.530. The minimum Gasteiger partial charge on any atom is -0.394 e. The van der Waals surface area contributed by atoms with E-state index in [9.17, 15) is 15.3 Å². The molecule has 0 aromatic carbocycles. The summed E-state index contributed by atoms with van der Waals surface area (Å²) in [7, 11) is 0. The van der Waals surface area contributed by atoms with Crippen LogP contribution in [0.2, 0.25) is 0 Å². The molecule has 4 atom stereocenters. The normalized spacial score (nSPS) is 20.5. The zero-order chi connectivity index (χ0) is 12.0. The van der Waals surface area contributed by atoms with Crippen molar-refractivity contribution in [1.82, 2.24) is 0 Å². The van der Waals surface area contributed by atoms with Gasteiger partial charge in [0.25, 0.3) is 0 Å². The van der Waals surface area contributed by atoms with Gasteiger partial charge in [-0.15, -0.1) is 0 Å². The molecule has 0 amide bonds. The van der Waals surface area contributed by atoms with Crippen LogP contribution in [-0.2, 0) is 0 Å². The van der Waals surface area contributed by atoms with Crippen LogP contribution in [0.25, 0.3) is 0 Å². The van der Waals surface area contributed by atoms with Gasteiger partial charge in [0.1, 0.15) is 24.4 Å². The second-order valence-corrected chi connectivity index (χ2v) is 3.61. The number of hydrogen-bond donors (Lipinski definition) is 5. The van der Waals surface area contributed by atoms with Gasteiger partial charge in [0, 0.05) is 12.3 Å². The third kappa shape index (κ3) is 5.19. The number of nitrogens with zero attached hydrogens (tertiary/aromatic N) is 1. The number of aliphatic hydroxyl groups excluding tert-OH is 5. The van der Waals surface area contributed by atoms with Gasteiger partial charge in [0.2, 0.25) is 0 Å². The molecule has 0 aliphatic heterocycles. The molecule has 0 unspecified atom stereocenters. The van der Waals surface area contributed by atoms with Crippen molar-refractivity contribution in [2.45, 2.75) is 44.3 Å². The van der Waals surface area contributed by atoms with Gasteiger partial charge in [0.15, 0.2) is 0 Å². The summed E-state index contributed by atoms with van der Waals surface area (Å²) >= 11 is 0. The molecular weight excluding hydrogens is 202 g/mol. The first-order valence-electron chi connectivity index (χ1n) is 4.76. The molecule has 0 fully saturated rings. The van der Waals surface area contributed by atoms with Crippen molar-refractivity contribution in [2.24, 2.45) is 4.99 Å². The molecule has 6 nitrogen and oxygen atoms in total. The van der Waals surface area contributed by atoms with Crippen LogP contribution in [0.1, 0.15) is 13.8 Å². The Morgan fingerprint density at radius 2 is 1.60 bits per heavy atom. The maximum atomic E-state index is 9.34. The molecule has 5 N–H and O–H groups in total. The van der Waals surface area contributed by atoms with Crippen LogP contribution in [0.5, 0.6) is 0 Å². The maximum Gasteiger partial charge on any atom is 0.117 e. The highest BCUT2D eigenvalue weighted by Crippen LogP contribution is 2.04.